The number of fused-ring (bicyclic) bond motifs is 1. The topological polar surface area (TPSA) is 63.8 Å². The predicted molar refractivity (Wildman–Crippen MR) is 71.2 cm³/mol. The van der Waals surface area contributed by atoms with Crippen LogP contribution in [0.15, 0.2) is 11.4 Å². The molecule has 84 valence electrons. The highest BCUT2D eigenvalue weighted by molar-refractivity contribution is 7.99. The fourth-order valence-corrected chi connectivity index (χ4v) is 3.75. The minimum atomic E-state index is 0.350. The lowest BCUT2D eigenvalue weighted by Crippen LogP contribution is -2.19. The monoisotopic (exact) mass is 252 g/mol. The van der Waals surface area contributed by atoms with Crippen LogP contribution in [0.4, 0.5) is 11.8 Å². The zero-order chi connectivity index (χ0) is 11.0. The number of hydrogen-bond donors (Lipinski definition) is 2. The number of rotatable bonds is 2. The normalized spacial score (nSPS) is 20.4. The smallest absolute Gasteiger partial charge is 0.223 e. The first-order valence-corrected chi connectivity index (χ1v) is 7.21. The number of anilines is 2. The number of hydrogen-bond acceptors (Lipinski definition) is 6. The maximum atomic E-state index is 5.70. The van der Waals surface area contributed by atoms with Gasteiger partial charge in [0.15, 0.2) is 0 Å². The predicted octanol–water partition coefficient (Wildman–Crippen LogP) is 2.19. The summed E-state index contributed by atoms with van der Waals surface area (Å²) in [7, 11) is 0. The van der Waals surface area contributed by atoms with E-state index in [0.717, 1.165) is 21.8 Å². The van der Waals surface area contributed by atoms with E-state index in [2.05, 4.69) is 15.3 Å². The number of thiophene rings is 1. The molecule has 0 aliphatic carbocycles. The van der Waals surface area contributed by atoms with Crippen LogP contribution in [0.25, 0.3) is 10.2 Å². The summed E-state index contributed by atoms with van der Waals surface area (Å²) in [6, 6.07) is 2.56. The summed E-state index contributed by atoms with van der Waals surface area (Å²) in [4.78, 5) is 9.46. The molecule has 3 N–H and O–H groups in total. The van der Waals surface area contributed by atoms with Gasteiger partial charge in [-0.1, -0.05) is 0 Å². The Bertz CT molecular complexity index is 504. The van der Waals surface area contributed by atoms with Gasteiger partial charge in [-0.15, -0.1) is 11.3 Å². The van der Waals surface area contributed by atoms with Gasteiger partial charge in [-0.25, -0.2) is 4.98 Å². The van der Waals surface area contributed by atoms with Crippen LogP contribution in [-0.4, -0.2) is 27.5 Å². The van der Waals surface area contributed by atoms with E-state index in [-0.39, 0.29) is 0 Å². The summed E-state index contributed by atoms with van der Waals surface area (Å²) in [6.45, 7) is 0. The Labute approximate surface area is 102 Å². The van der Waals surface area contributed by atoms with Gasteiger partial charge in [0.25, 0.3) is 0 Å². The molecule has 3 rings (SSSR count). The largest absolute Gasteiger partial charge is 0.368 e. The molecule has 0 amide bonds. The third-order valence-corrected chi connectivity index (χ3v) is 4.58. The molecule has 1 aliphatic heterocycles. The van der Waals surface area contributed by atoms with Gasteiger partial charge in [-0.05, 0) is 23.6 Å². The third kappa shape index (κ3) is 1.82. The second-order valence-corrected chi connectivity index (χ2v) is 5.82. The van der Waals surface area contributed by atoms with Gasteiger partial charge in [-0.3, -0.25) is 0 Å². The molecule has 1 atom stereocenters. The Morgan fingerprint density at radius 2 is 2.38 bits per heavy atom. The second kappa shape index (κ2) is 4.10. The van der Waals surface area contributed by atoms with Crippen molar-refractivity contribution in [3.63, 3.8) is 0 Å². The van der Waals surface area contributed by atoms with Crippen molar-refractivity contribution in [2.24, 2.45) is 0 Å². The van der Waals surface area contributed by atoms with Crippen molar-refractivity contribution in [2.45, 2.75) is 12.5 Å². The summed E-state index contributed by atoms with van der Waals surface area (Å²) >= 11 is 3.58. The fraction of sp³-hybridized carbons (Fsp3) is 0.400. The van der Waals surface area contributed by atoms with Crippen LogP contribution in [0.1, 0.15) is 6.42 Å². The van der Waals surface area contributed by atoms with Gasteiger partial charge < -0.3 is 11.1 Å². The molecule has 1 unspecified atom stereocenters. The average molecular weight is 252 g/mol. The van der Waals surface area contributed by atoms with Crippen molar-refractivity contribution in [1.82, 2.24) is 9.97 Å². The minimum absolute atomic E-state index is 0.350. The molecule has 0 spiro atoms. The molecule has 1 fully saturated rings. The summed E-state index contributed by atoms with van der Waals surface area (Å²) in [5.74, 6) is 3.61. The first-order valence-electron chi connectivity index (χ1n) is 5.18. The first kappa shape index (κ1) is 10.2. The van der Waals surface area contributed by atoms with Crippen LogP contribution in [0.2, 0.25) is 0 Å². The maximum Gasteiger partial charge on any atom is 0.223 e. The molecule has 0 radical (unpaired) electrons. The van der Waals surface area contributed by atoms with Gasteiger partial charge in [0, 0.05) is 11.8 Å². The van der Waals surface area contributed by atoms with E-state index in [0.29, 0.717) is 12.0 Å². The SMILES string of the molecule is Nc1nc(NC2CCSC2)c2ccsc2n1. The van der Waals surface area contributed by atoms with Crippen LogP contribution < -0.4 is 11.1 Å². The Morgan fingerprint density at radius 1 is 1.44 bits per heavy atom. The van der Waals surface area contributed by atoms with E-state index >= 15 is 0 Å². The highest BCUT2D eigenvalue weighted by Gasteiger charge is 2.17. The minimum Gasteiger partial charge on any atom is -0.368 e. The molecule has 0 aromatic carbocycles. The molecule has 1 aliphatic rings. The van der Waals surface area contributed by atoms with Gasteiger partial charge in [0.2, 0.25) is 5.95 Å². The van der Waals surface area contributed by atoms with Crippen molar-refractivity contribution in [1.29, 1.82) is 0 Å². The molecule has 0 saturated carbocycles. The second-order valence-electron chi connectivity index (χ2n) is 3.77. The van der Waals surface area contributed by atoms with E-state index in [1.54, 1.807) is 11.3 Å². The molecule has 4 nitrogen and oxygen atoms in total. The molecule has 2 aromatic heterocycles. The zero-order valence-corrected chi connectivity index (χ0v) is 10.3. The van der Waals surface area contributed by atoms with Crippen LogP contribution in [-0.2, 0) is 0 Å². The van der Waals surface area contributed by atoms with Crippen LogP contribution >= 0.6 is 23.1 Å². The molecular formula is C10H12N4S2. The van der Waals surface area contributed by atoms with Crippen molar-refractivity contribution < 1.29 is 0 Å². The summed E-state index contributed by atoms with van der Waals surface area (Å²) in [6.07, 6.45) is 1.19. The molecule has 1 saturated heterocycles. The van der Waals surface area contributed by atoms with Crippen LogP contribution in [0.3, 0.4) is 0 Å². The van der Waals surface area contributed by atoms with Gasteiger partial charge >= 0.3 is 0 Å². The Kier molecular flexibility index (Phi) is 2.61. The molecule has 16 heavy (non-hydrogen) atoms. The molecule has 6 heteroatoms. The zero-order valence-electron chi connectivity index (χ0n) is 8.64. The number of nitrogens with one attached hydrogen (secondary N) is 1. The van der Waals surface area contributed by atoms with Crippen molar-refractivity contribution >= 4 is 45.1 Å². The van der Waals surface area contributed by atoms with E-state index in [1.807, 2.05) is 23.2 Å². The van der Waals surface area contributed by atoms with Gasteiger partial charge in [0.1, 0.15) is 10.6 Å². The fourth-order valence-electron chi connectivity index (χ4n) is 1.82. The number of aromatic nitrogens is 2. The Hall–Kier alpha value is -1.01. The van der Waals surface area contributed by atoms with E-state index in [4.69, 9.17) is 5.73 Å². The molecule has 2 aromatic rings. The van der Waals surface area contributed by atoms with Crippen LogP contribution in [0, 0.1) is 0 Å². The van der Waals surface area contributed by atoms with Crippen molar-refractivity contribution in [3.05, 3.63) is 11.4 Å². The quantitative estimate of drug-likeness (QED) is 0.858. The lowest BCUT2D eigenvalue weighted by molar-refractivity contribution is 0.808. The summed E-state index contributed by atoms with van der Waals surface area (Å²) < 4.78 is 0. The van der Waals surface area contributed by atoms with E-state index < -0.39 is 0 Å². The van der Waals surface area contributed by atoms with Crippen molar-refractivity contribution in [2.75, 3.05) is 22.6 Å². The number of nitrogens with zero attached hydrogens (tertiary/aromatic N) is 2. The molecular weight excluding hydrogens is 240 g/mol. The van der Waals surface area contributed by atoms with Gasteiger partial charge in [-0.2, -0.15) is 16.7 Å². The number of nitrogen functional groups attached to an aromatic ring is 1. The summed E-state index contributed by atoms with van der Waals surface area (Å²) in [5.41, 5.74) is 5.70. The Morgan fingerprint density at radius 3 is 3.19 bits per heavy atom. The lowest BCUT2D eigenvalue weighted by atomic mass is 10.2. The lowest BCUT2D eigenvalue weighted by Gasteiger charge is -2.12. The van der Waals surface area contributed by atoms with Crippen LogP contribution in [0.5, 0.6) is 0 Å². The third-order valence-electron chi connectivity index (χ3n) is 2.61. The standard InChI is InChI=1S/C10H12N4S2/c11-10-13-8(12-6-1-3-15-5-6)7-2-4-16-9(7)14-10/h2,4,6H,1,3,5H2,(H3,11,12,13,14). The molecule has 0 bridgehead atoms. The average Bonchev–Trinajstić information content (AvgIpc) is 2.87. The first-order chi connectivity index (χ1) is 7.83. The highest BCUT2D eigenvalue weighted by atomic mass is 32.2. The highest BCUT2D eigenvalue weighted by Crippen LogP contribution is 2.28. The van der Waals surface area contributed by atoms with Gasteiger partial charge in [0.05, 0.1) is 5.39 Å². The van der Waals surface area contributed by atoms with E-state index in [1.165, 1.54) is 12.2 Å². The number of nitrogens with two attached hydrogens (primary N) is 1. The van der Waals surface area contributed by atoms with Crippen molar-refractivity contribution in [3.8, 4) is 0 Å². The maximum absolute atomic E-state index is 5.70. The summed E-state index contributed by atoms with van der Waals surface area (Å²) in [5, 5.41) is 6.57. The van der Waals surface area contributed by atoms with E-state index in [9.17, 15) is 0 Å². The molecule has 3 heterocycles. The number of thioether (sulfide) groups is 1. The Balaban J connectivity index is 1.97.